The Kier molecular flexibility index (Phi) is 5.53. The molecule has 28 heavy (non-hydrogen) atoms. The molecule has 0 fully saturated rings. The van der Waals surface area contributed by atoms with Crippen molar-refractivity contribution in [3.63, 3.8) is 0 Å². The zero-order chi connectivity index (χ0) is 20.4. The number of aromatic nitrogens is 3. The first kappa shape index (κ1) is 20.0. The number of nitrogens with zero attached hydrogens (tertiary/aromatic N) is 3. The van der Waals surface area contributed by atoms with Crippen molar-refractivity contribution in [1.82, 2.24) is 15.0 Å². The summed E-state index contributed by atoms with van der Waals surface area (Å²) < 4.78 is 39.8. The van der Waals surface area contributed by atoms with Crippen LogP contribution in [0.3, 0.4) is 0 Å². The molecule has 0 amide bonds. The summed E-state index contributed by atoms with van der Waals surface area (Å²) in [6.45, 7) is 1.39. The Hall–Kier alpha value is -2.71. The molecule has 9 heteroatoms. The van der Waals surface area contributed by atoms with Gasteiger partial charge in [0.25, 0.3) is 0 Å². The fourth-order valence-electron chi connectivity index (χ4n) is 2.55. The van der Waals surface area contributed by atoms with Crippen molar-refractivity contribution in [2.24, 2.45) is 0 Å². The molecule has 3 rings (SSSR count). The summed E-state index contributed by atoms with van der Waals surface area (Å²) >= 11 is 6.11. The third-order valence-corrected chi connectivity index (χ3v) is 4.31. The van der Waals surface area contributed by atoms with Gasteiger partial charge in [-0.05, 0) is 25.1 Å². The second-order valence-corrected chi connectivity index (χ2v) is 6.69. The highest BCUT2D eigenvalue weighted by Gasteiger charge is 2.34. The highest BCUT2D eigenvalue weighted by atomic mass is 35.5. The van der Waals surface area contributed by atoms with Gasteiger partial charge in [-0.2, -0.15) is 13.2 Å². The van der Waals surface area contributed by atoms with E-state index in [1.54, 1.807) is 36.4 Å². The first-order valence-corrected chi connectivity index (χ1v) is 8.63. The Balaban J connectivity index is 1.92. The molecule has 1 unspecified atom stereocenters. The number of rotatable bonds is 5. The molecular weight excluding hydrogens is 393 g/mol. The predicted octanol–water partition coefficient (Wildman–Crippen LogP) is 4.53. The van der Waals surface area contributed by atoms with Crippen LogP contribution in [0, 0.1) is 0 Å². The molecule has 146 valence electrons. The lowest BCUT2D eigenvalue weighted by Crippen LogP contribution is -2.31. The number of anilines is 1. The normalized spacial score (nSPS) is 13.8. The first-order chi connectivity index (χ1) is 13.2. The fraction of sp³-hybridized carbons (Fsp3) is 0.211. The smallest absolute Gasteiger partial charge is 0.384 e. The molecule has 0 aliphatic heterocycles. The van der Waals surface area contributed by atoms with Crippen LogP contribution in [0.2, 0.25) is 5.02 Å². The maximum Gasteiger partial charge on any atom is 0.433 e. The van der Waals surface area contributed by atoms with Crippen molar-refractivity contribution in [1.29, 1.82) is 0 Å². The molecule has 0 bridgehead atoms. The zero-order valence-electron chi connectivity index (χ0n) is 14.7. The molecule has 1 atom stereocenters. The minimum Gasteiger partial charge on any atom is -0.384 e. The lowest BCUT2D eigenvalue weighted by atomic mass is 9.96. The van der Waals surface area contributed by atoms with Crippen LogP contribution in [-0.4, -0.2) is 26.6 Å². The SMILES string of the molecule is CC(O)(CNc1cc(C(F)(F)F)nc(-c2ccccn2)n1)c1ccccc1Cl. The van der Waals surface area contributed by atoms with E-state index in [1.165, 1.54) is 19.2 Å². The van der Waals surface area contributed by atoms with E-state index < -0.39 is 17.5 Å². The molecule has 0 radical (unpaired) electrons. The van der Waals surface area contributed by atoms with Crippen LogP contribution in [-0.2, 0) is 11.8 Å². The number of pyridine rings is 1. The van der Waals surface area contributed by atoms with E-state index in [2.05, 4.69) is 20.3 Å². The Bertz CT molecular complexity index is 965. The van der Waals surface area contributed by atoms with Gasteiger partial charge in [0.05, 0.1) is 0 Å². The molecule has 0 aliphatic rings. The minimum absolute atomic E-state index is 0.0877. The summed E-state index contributed by atoms with van der Waals surface area (Å²) in [5, 5.41) is 13.8. The van der Waals surface area contributed by atoms with Crippen LogP contribution < -0.4 is 5.32 Å². The predicted molar refractivity (Wildman–Crippen MR) is 99.8 cm³/mol. The van der Waals surface area contributed by atoms with Gasteiger partial charge in [0.15, 0.2) is 11.5 Å². The topological polar surface area (TPSA) is 70.9 Å². The third kappa shape index (κ3) is 4.58. The van der Waals surface area contributed by atoms with Crippen molar-refractivity contribution in [2.45, 2.75) is 18.7 Å². The van der Waals surface area contributed by atoms with E-state index in [4.69, 9.17) is 11.6 Å². The summed E-state index contributed by atoms with van der Waals surface area (Å²) in [5.41, 5.74) is -1.90. The van der Waals surface area contributed by atoms with E-state index in [0.717, 1.165) is 6.07 Å². The minimum atomic E-state index is -4.66. The Morgan fingerprint density at radius 2 is 1.79 bits per heavy atom. The number of hydrogen-bond acceptors (Lipinski definition) is 5. The van der Waals surface area contributed by atoms with Crippen LogP contribution in [0.15, 0.2) is 54.7 Å². The second-order valence-electron chi connectivity index (χ2n) is 6.28. The Labute approximate surface area is 164 Å². The van der Waals surface area contributed by atoms with Crippen LogP contribution in [0.25, 0.3) is 11.5 Å². The average molecular weight is 409 g/mol. The maximum atomic E-state index is 13.3. The van der Waals surface area contributed by atoms with Gasteiger partial charge in [-0.15, -0.1) is 0 Å². The van der Waals surface area contributed by atoms with E-state index >= 15 is 0 Å². The van der Waals surface area contributed by atoms with Crippen molar-refractivity contribution < 1.29 is 18.3 Å². The maximum absolute atomic E-state index is 13.3. The molecule has 2 heterocycles. The van der Waals surface area contributed by atoms with Gasteiger partial charge in [0, 0.05) is 29.4 Å². The summed E-state index contributed by atoms with van der Waals surface area (Å²) in [6.07, 6.45) is -3.22. The molecule has 3 aromatic rings. The number of hydrogen-bond donors (Lipinski definition) is 2. The van der Waals surface area contributed by atoms with Gasteiger partial charge < -0.3 is 10.4 Å². The quantitative estimate of drug-likeness (QED) is 0.649. The molecule has 2 N–H and O–H groups in total. The fourth-order valence-corrected chi connectivity index (χ4v) is 2.89. The zero-order valence-corrected chi connectivity index (χ0v) is 15.5. The molecule has 0 saturated heterocycles. The Morgan fingerprint density at radius 1 is 1.07 bits per heavy atom. The van der Waals surface area contributed by atoms with Crippen LogP contribution in [0.5, 0.6) is 0 Å². The molecule has 0 aliphatic carbocycles. The summed E-state index contributed by atoms with van der Waals surface area (Å²) in [4.78, 5) is 11.7. The van der Waals surface area contributed by atoms with Gasteiger partial charge in [-0.3, -0.25) is 4.98 Å². The summed E-state index contributed by atoms with van der Waals surface area (Å²) in [7, 11) is 0. The molecule has 0 spiro atoms. The van der Waals surface area contributed by atoms with E-state index in [9.17, 15) is 18.3 Å². The first-order valence-electron chi connectivity index (χ1n) is 8.26. The summed E-state index contributed by atoms with van der Waals surface area (Å²) in [5.74, 6) is -0.259. The molecular formula is C19H16ClF3N4O. The van der Waals surface area contributed by atoms with E-state index in [-0.39, 0.29) is 23.9 Å². The second kappa shape index (κ2) is 7.73. The van der Waals surface area contributed by atoms with Gasteiger partial charge >= 0.3 is 6.18 Å². The van der Waals surface area contributed by atoms with E-state index in [1.807, 2.05) is 0 Å². The largest absolute Gasteiger partial charge is 0.433 e. The Morgan fingerprint density at radius 3 is 2.43 bits per heavy atom. The summed E-state index contributed by atoms with van der Waals surface area (Å²) in [6, 6.07) is 12.3. The standard InChI is InChI=1S/C19H16ClF3N4O/c1-18(28,12-6-2-3-7-13(12)20)11-25-16-10-15(19(21,22)23)26-17(27-16)14-8-4-5-9-24-14/h2-10,28H,11H2,1H3,(H,25,26,27). The van der Waals surface area contributed by atoms with Gasteiger partial charge in [0.2, 0.25) is 0 Å². The monoisotopic (exact) mass is 408 g/mol. The number of benzene rings is 1. The van der Waals surface area contributed by atoms with Crippen LogP contribution in [0.1, 0.15) is 18.2 Å². The van der Waals surface area contributed by atoms with Crippen LogP contribution in [0.4, 0.5) is 19.0 Å². The van der Waals surface area contributed by atoms with Gasteiger partial charge in [-0.25, -0.2) is 9.97 Å². The number of nitrogens with one attached hydrogen (secondary N) is 1. The van der Waals surface area contributed by atoms with Crippen molar-refractivity contribution in [2.75, 3.05) is 11.9 Å². The molecule has 0 saturated carbocycles. The molecule has 1 aromatic carbocycles. The van der Waals surface area contributed by atoms with Crippen molar-refractivity contribution in [3.8, 4) is 11.5 Å². The van der Waals surface area contributed by atoms with Crippen molar-refractivity contribution >= 4 is 17.4 Å². The van der Waals surface area contributed by atoms with Gasteiger partial charge in [-0.1, -0.05) is 35.9 Å². The third-order valence-electron chi connectivity index (χ3n) is 3.98. The molecule has 5 nitrogen and oxygen atoms in total. The molecule has 2 aromatic heterocycles. The van der Waals surface area contributed by atoms with E-state index in [0.29, 0.717) is 10.6 Å². The lowest BCUT2D eigenvalue weighted by molar-refractivity contribution is -0.141. The number of halogens is 4. The highest BCUT2D eigenvalue weighted by molar-refractivity contribution is 6.31. The lowest BCUT2D eigenvalue weighted by Gasteiger charge is -2.25. The van der Waals surface area contributed by atoms with Crippen LogP contribution >= 0.6 is 11.6 Å². The van der Waals surface area contributed by atoms with Crippen molar-refractivity contribution in [3.05, 3.63) is 71.0 Å². The average Bonchev–Trinajstić information content (AvgIpc) is 2.66. The number of alkyl halides is 3. The highest BCUT2D eigenvalue weighted by Crippen LogP contribution is 2.32. The van der Waals surface area contributed by atoms with Gasteiger partial charge in [0.1, 0.15) is 17.1 Å². The number of aliphatic hydroxyl groups is 1.